The molecule has 1 aromatic heterocycles. The maximum atomic E-state index is 12.5. The van der Waals surface area contributed by atoms with Crippen molar-refractivity contribution >= 4 is 6.09 Å². The lowest BCUT2D eigenvalue weighted by Crippen LogP contribution is -2.50. The number of rotatable bonds is 3. The highest BCUT2D eigenvalue weighted by Crippen LogP contribution is 2.38. The molecule has 3 aliphatic rings. The number of carbonyl (C=O) groups is 1. The maximum absolute atomic E-state index is 12.5. The highest BCUT2D eigenvalue weighted by atomic mass is 16.6. The van der Waals surface area contributed by atoms with Crippen molar-refractivity contribution in [3.8, 4) is 5.75 Å². The van der Waals surface area contributed by atoms with Crippen molar-refractivity contribution in [2.75, 3.05) is 0 Å². The number of pyridine rings is 1. The van der Waals surface area contributed by atoms with Crippen LogP contribution in [0.25, 0.3) is 0 Å². The van der Waals surface area contributed by atoms with Gasteiger partial charge >= 0.3 is 6.09 Å². The molecule has 2 unspecified atom stereocenters. The third-order valence-corrected chi connectivity index (χ3v) is 5.42. The minimum atomic E-state index is -0.0910. The van der Waals surface area contributed by atoms with Crippen molar-refractivity contribution in [1.82, 2.24) is 9.88 Å². The highest BCUT2D eigenvalue weighted by Gasteiger charge is 2.45. The van der Waals surface area contributed by atoms with Gasteiger partial charge in [0.05, 0.1) is 0 Å². The standard InChI is InChI=1S/C18H24N2O3/c21-18(23-15-3-1-2-4-15)20-13-5-6-14(20)12-17(11-13)22-16-7-9-19-10-8-16/h7-10,13-15,17H,1-6,11-12H2. The number of hydrogen-bond donors (Lipinski definition) is 0. The number of amides is 1. The number of nitrogens with zero attached hydrogens (tertiary/aromatic N) is 2. The summed E-state index contributed by atoms with van der Waals surface area (Å²) in [6.07, 6.45) is 12.1. The fraction of sp³-hybridized carbons (Fsp3) is 0.667. The third kappa shape index (κ3) is 3.14. The average Bonchev–Trinajstić information content (AvgIpc) is 3.15. The Labute approximate surface area is 137 Å². The molecule has 0 N–H and O–H groups in total. The molecule has 124 valence electrons. The summed E-state index contributed by atoms with van der Waals surface area (Å²) in [4.78, 5) is 18.6. The second kappa shape index (κ2) is 6.38. The zero-order chi connectivity index (χ0) is 15.6. The minimum absolute atomic E-state index is 0.0910. The molecule has 2 bridgehead atoms. The summed E-state index contributed by atoms with van der Waals surface area (Å²) in [6, 6.07) is 4.33. The number of ether oxygens (including phenoxy) is 2. The van der Waals surface area contributed by atoms with Crippen molar-refractivity contribution in [3.63, 3.8) is 0 Å². The van der Waals surface area contributed by atoms with Gasteiger partial charge in [-0.1, -0.05) is 0 Å². The first kappa shape index (κ1) is 14.8. The van der Waals surface area contributed by atoms with Gasteiger partial charge in [0.2, 0.25) is 0 Å². The second-order valence-corrected chi connectivity index (χ2v) is 6.98. The Morgan fingerprint density at radius 3 is 2.30 bits per heavy atom. The Hall–Kier alpha value is -1.78. The van der Waals surface area contributed by atoms with Gasteiger partial charge in [-0.3, -0.25) is 4.98 Å². The molecule has 0 aromatic carbocycles. The largest absolute Gasteiger partial charge is 0.490 e. The van der Waals surface area contributed by atoms with E-state index < -0.39 is 0 Å². The van der Waals surface area contributed by atoms with Gasteiger partial charge in [0.25, 0.3) is 0 Å². The van der Waals surface area contributed by atoms with Gasteiger partial charge in [-0.25, -0.2) is 4.79 Å². The molecule has 0 radical (unpaired) electrons. The van der Waals surface area contributed by atoms with E-state index in [0.717, 1.165) is 44.3 Å². The number of piperidine rings is 1. The van der Waals surface area contributed by atoms with Crippen LogP contribution < -0.4 is 4.74 Å². The first-order valence-corrected chi connectivity index (χ1v) is 8.85. The highest BCUT2D eigenvalue weighted by molar-refractivity contribution is 5.69. The van der Waals surface area contributed by atoms with Crippen molar-refractivity contribution in [2.45, 2.75) is 75.7 Å². The molecule has 3 fully saturated rings. The topological polar surface area (TPSA) is 51.7 Å². The monoisotopic (exact) mass is 316 g/mol. The van der Waals surface area contributed by atoms with E-state index in [1.54, 1.807) is 12.4 Å². The third-order valence-electron chi connectivity index (χ3n) is 5.42. The van der Waals surface area contributed by atoms with Crippen LogP contribution in [0.5, 0.6) is 5.75 Å². The van der Waals surface area contributed by atoms with E-state index in [-0.39, 0.29) is 30.4 Å². The molecule has 2 aliphatic heterocycles. The van der Waals surface area contributed by atoms with Crippen LogP contribution in [0.1, 0.15) is 51.4 Å². The predicted molar refractivity (Wildman–Crippen MR) is 85.3 cm³/mol. The molecular weight excluding hydrogens is 292 g/mol. The quantitative estimate of drug-likeness (QED) is 0.856. The summed E-state index contributed by atoms with van der Waals surface area (Å²) in [7, 11) is 0. The molecule has 1 aromatic rings. The van der Waals surface area contributed by atoms with Crippen molar-refractivity contribution < 1.29 is 14.3 Å². The lowest BCUT2D eigenvalue weighted by Gasteiger charge is -2.38. The van der Waals surface area contributed by atoms with Crippen LogP contribution in [0.15, 0.2) is 24.5 Å². The van der Waals surface area contributed by atoms with Crippen LogP contribution in [0.2, 0.25) is 0 Å². The lowest BCUT2D eigenvalue weighted by atomic mass is 10.0. The smallest absolute Gasteiger partial charge is 0.410 e. The first-order chi connectivity index (χ1) is 11.3. The molecule has 23 heavy (non-hydrogen) atoms. The normalized spacial score (nSPS) is 30.4. The number of carbonyl (C=O) groups excluding carboxylic acids is 1. The number of fused-ring (bicyclic) bond motifs is 2. The van der Waals surface area contributed by atoms with Crippen LogP contribution in [-0.4, -0.2) is 40.3 Å². The van der Waals surface area contributed by atoms with E-state index in [2.05, 4.69) is 4.98 Å². The van der Waals surface area contributed by atoms with Gasteiger partial charge < -0.3 is 14.4 Å². The van der Waals surface area contributed by atoms with E-state index in [0.29, 0.717) is 0 Å². The van der Waals surface area contributed by atoms with Crippen LogP contribution in [-0.2, 0) is 4.74 Å². The molecule has 2 atom stereocenters. The van der Waals surface area contributed by atoms with E-state index in [9.17, 15) is 4.79 Å². The Morgan fingerprint density at radius 2 is 1.65 bits per heavy atom. The fourth-order valence-corrected chi connectivity index (χ4v) is 4.34. The molecule has 5 heteroatoms. The van der Waals surface area contributed by atoms with Gasteiger partial charge in [0, 0.05) is 37.3 Å². The maximum Gasteiger partial charge on any atom is 0.410 e. The number of hydrogen-bond acceptors (Lipinski definition) is 4. The summed E-state index contributed by atoms with van der Waals surface area (Å²) < 4.78 is 11.8. The van der Waals surface area contributed by atoms with Crippen LogP contribution >= 0.6 is 0 Å². The molecule has 4 rings (SSSR count). The van der Waals surface area contributed by atoms with Crippen molar-refractivity contribution in [3.05, 3.63) is 24.5 Å². The van der Waals surface area contributed by atoms with Gasteiger partial charge in [-0.05, 0) is 50.7 Å². The van der Waals surface area contributed by atoms with Crippen molar-refractivity contribution in [2.24, 2.45) is 0 Å². The summed E-state index contributed by atoms with van der Waals surface area (Å²) in [6.45, 7) is 0. The Bertz CT molecular complexity index is 530. The molecule has 5 nitrogen and oxygen atoms in total. The Balaban J connectivity index is 1.37. The van der Waals surface area contributed by atoms with E-state index >= 15 is 0 Å². The van der Waals surface area contributed by atoms with E-state index in [4.69, 9.17) is 9.47 Å². The number of aromatic nitrogens is 1. The molecule has 2 saturated heterocycles. The summed E-state index contributed by atoms with van der Waals surface area (Å²) >= 11 is 0. The molecule has 1 saturated carbocycles. The first-order valence-electron chi connectivity index (χ1n) is 8.85. The summed E-state index contributed by atoms with van der Waals surface area (Å²) in [5, 5.41) is 0. The van der Waals surface area contributed by atoms with E-state index in [1.165, 1.54) is 12.8 Å². The molecule has 0 spiro atoms. The van der Waals surface area contributed by atoms with E-state index in [1.807, 2.05) is 17.0 Å². The van der Waals surface area contributed by atoms with Crippen LogP contribution in [0.4, 0.5) is 4.79 Å². The molecular formula is C18H24N2O3. The Kier molecular flexibility index (Phi) is 4.10. The second-order valence-electron chi connectivity index (χ2n) is 6.98. The SMILES string of the molecule is O=C(OC1CCCC1)N1C2CCC1CC(Oc1ccncc1)C2. The molecule has 1 amide bonds. The van der Waals surface area contributed by atoms with Gasteiger partial charge in [-0.2, -0.15) is 0 Å². The lowest BCUT2D eigenvalue weighted by molar-refractivity contribution is 0.0164. The molecule has 3 heterocycles. The predicted octanol–water partition coefficient (Wildman–Crippen LogP) is 3.54. The summed E-state index contributed by atoms with van der Waals surface area (Å²) in [5.74, 6) is 0.867. The zero-order valence-corrected chi connectivity index (χ0v) is 13.4. The van der Waals surface area contributed by atoms with Gasteiger partial charge in [0.1, 0.15) is 18.0 Å². The van der Waals surface area contributed by atoms with Crippen LogP contribution in [0.3, 0.4) is 0 Å². The fourth-order valence-electron chi connectivity index (χ4n) is 4.34. The summed E-state index contributed by atoms with van der Waals surface area (Å²) in [5.41, 5.74) is 0. The molecule has 1 aliphatic carbocycles. The van der Waals surface area contributed by atoms with Crippen molar-refractivity contribution in [1.29, 1.82) is 0 Å². The van der Waals surface area contributed by atoms with Crippen LogP contribution in [0, 0.1) is 0 Å². The zero-order valence-electron chi connectivity index (χ0n) is 13.4. The van der Waals surface area contributed by atoms with Gasteiger partial charge in [0.15, 0.2) is 0 Å². The average molecular weight is 316 g/mol. The minimum Gasteiger partial charge on any atom is -0.490 e. The van der Waals surface area contributed by atoms with Gasteiger partial charge in [-0.15, -0.1) is 0 Å². The Morgan fingerprint density at radius 1 is 1.00 bits per heavy atom.